The van der Waals surface area contributed by atoms with Crippen LogP contribution in [-0.4, -0.2) is 58.0 Å². The van der Waals surface area contributed by atoms with Crippen LogP contribution in [0.5, 0.6) is 5.88 Å². The van der Waals surface area contributed by atoms with E-state index in [1.54, 1.807) is 29.6 Å². The maximum atomic E-state index is 12.4. The molecule has 2 fully saturated rings. The summed E-state index contributed by atoms with van der Waals surface area (Å²) in [5.41, 5.74) is 0.474. The van der Waals surface area contributed by atoms with E-state index in [-0.39, 0.29) is 12.0 Å². The van der Waals surface area contributed by atoms with E-state index in [9.17, 15) is 4.79 Å². The van der Waals surface area contributed by atoms with Gasteiger partial charge in [0.25, 0.3) is 5.91 Å². The van der Waals surface area contributed by atoms with Crippen LogP contribution in [-0.2, 0) is 0 Å². The van der Waals surface area contributed by atoms with Gasteiger partial charge in [-0.25, -0.2) is 9.97 Å². The third-order valence-electron chi connectivity index (χ3n) is 4.66. The molecule has 25 heavy (non-hydrogen) atoms. The molecule has 0 spiro atoms. The Kier molecular flexibility index (Phi) is 4.45. The van der Waals surface area contributed by atoms with Gasteiger partial charge in [-0.1, -0.05) is 6.07 Å². The van der Waals surface area contributed by atoms with E-state index in [4.69, 9.17) is 4.74 Å². The van der Waals surface area contributed by atoms with Crippen LogP contribution >= 0.6 is 0 Å². The Hall–Kier alpha value is -2.70. The maximum absolute atomic E-state index is 12.4. The first-order valence-corrected chi connectivity index (χ1v) is 8.73. The van der Waals surface area contributed by atoms with Gasteiger partial charge >= 0.3 is 0 Å². The second-order valence-electron chi connectivity index (χ2n) is 6.40. The molecule has 2 aliphatic rings. The fourth-order valence-electron chi connectivity index (χ4n) is 3.34. The summed E-state index contributed by atoms with van der Waals surface area (Å²) in [5.74, 6) is 1.45. The Labute approximate surface area is 146 Å². The Balaban J connectivity index is 1.38. The lowest BCUT2D eigenvalue weighted by Crippen LogP contribution is -2.31. The van der Waals surface area contributed by atoms with Gasteiger partial charge in [-0.05, 0) is 25.0 Å². The number of amides is 1. The second-order valence-corrected chi connectivity index (χ2v) is 6.40. The third-order valence-corrected chi connectivity index (χ3v) is 4.66. The Morgan fingerprint density at radius 1 is 1.12 bits per heavy atom. The summed E-state index contributed by atoms with van der Waals surface area (Å²) in [6.45, 7) is 3.29. The Bertz CT molecular complexity index is 733. The molecule has 0 saturated carbocycles. The van der Waals surface area contributed by atoms with Crippen molar-refractivity contribution in [3.63, 3.8) is 0 Å². The van der Waals surface area contributed by atoms with Crippen molar-refractivity contribution in [2.45, 2.75) is 25.4 Å². The third kappa shape index (κ3) is 3.55. The standard InChI is InChI=1S/C18H21N5O2/c24-18(15-5-1-2-7-19-15)23-10-6-14(12-23)25-17-11-16(20-13-21-17)22-8-3-4-9-22/h1-2,5,7,11,13-14H,3-4,6,8-10,12H2/t14-/m1/s1. The van der Waals surface area contributed by atoms with Crippen molar-refractivity contribution in [3.05, 3.63) is 42.5 Å². The summed E-state index contributed by atoms with van der Waals surface area (Å²) in [6.07, 6.45) is 6.34. The molecule has 0 N–H and O–H groups in total. The highest BCUT2D eigenvalue weighted by Crippen LogP contribution is 2.23. The number of carbonyl (C=O) groups excluding carboxylic acids is 1. The van der Waals surface area contributed by atoms with Gasteiger partial charge in [-0.15, -0.1) is 0 Å². The van der Waals surface area contributed by atoms with Crippen molar-refractivity contribution in [2.75, 3.05) is 31.1 Å². The van der Waals surface area contributed by atoms with E-state index in [1.165, 1.54) is 12.8 Å². The molecule has 0 bridgehead atoms. The molecule has 0 aliphatic carbocycles. The van der Waals surface area contributed by atoms with Crippen LogP contribution in [0.1, 0.15) is 29.8 Å². The van der Waals surface area contributed by atoms with Crippen molar-refractivity contribution in [2.24, 2.45) is 0 Å². The number of likely N-dealkylation sites (tertiary alicyclic amines) is 1. The van der Waals surface area contributed by atoms with Crippen LogP contribution in [0, 0.1) is 0 Å². The molecule has 2 aromatic heterocycles. The summed E-state index contributed by atoms with van der Waals surface area (Å²) in [5, 5.41) is 0. The molecule has 0 aromatic carbocycles. The minimum absolute atomic E-state index is 0.0472. The SMILES string of the molecule is O=C(c1ccccn1)N1CC[C@@H](Oc2cc(N3CCCC3)ncn2)C1. The van der Waals surface area contributed by atoms with Gasteiger partial charge in [0.05, 0.1) is 6.54 Å². The number of hydrogen-bond acceptors (Lipinski definition) is 6. The fourth-order valence-corrected chi connectivity index (χ4v) is 3.34. The number of nitrogens with zero attached hydrogens (tertiary/aromatic N) is 5. The molecule has 130 valence electrons. The highest BCUT2D eigenvalue weighted by atomic mass is 16.5. The number of aromatic nitrogens is 3. The lowest BCUT2D eigenvalue weighted by atomic mass is 10.3. The van der Waals surface area contributed by atoms with Crippen LogP contribution in [0.2, 0.25) is 0 Å². The van der Waals surface area contributed by atoms with Crippen molar-refractivity contribution in [3.8, 4) is 5.88 Å². The van der Waals surface area contributed by atoms with Gasteiger partial charge < -0.3 is 14.5 Å². The smallest absolute Gasteiger partial charge is 0.272 e. The number of anilines is 1. The van der Waals surface area contributed by atoms with Crippen molar-refractivity contribution in [1.82, 2.24) is 19.9 Å². The quantitative estimate of drug-likeness (QED) is 0.845. The molecule has 2 aliphatic heterocycles. The average Bonchev–Trinajstić information content (AvgIpc) is 3.34. The van der Waals surface area contributed by atoms with Gasteiger partial charge in [-0.3, -0.25) is 9.78 Å². The Morgan fingerprint density at radius 2 is 2.00 bits per heavy atom. The summed E-state index contributed by atoms with van der Waals surface area (Å²) in [6, 6.07) is 7.27. The topological polar surface area (TPSA) is 71.5 Å². The van der Waals surface area contributed by atoms with E-state index in [0.717, 1.165) is 25.3 Å². The fraction of sp³-hybridized carbons (Fsp3) is 0.444. The highest BCUT2D eigenvalue weighted by Gasteiger charge is 2.29. The minimum Gasteiger partial charge on any atom is -0.472 e. The molecule has 2 saturated heterocycles. The number of rotatable bonds is 4. The van der Waals surface area contributed by atoms with Crippen LogP contribution in [0.15, 0.2) is 36.8 Å². The van der Waals surface area contributed by atoms with E-state index in [1.807, 2.05) is 12.1 Å². The molecule has 0 unspecified atom stereocenters. The lowest BCUT2D eigenvalue weighted by Gasteiger charge is -2.18. The normalized spacial score (nSPS) is 20.1. The number of ether oxygens (including phenoxy) is 1. The van der Waals surface area contributed by atoms with E-state index in [0.29, 0.717) is 24.7 Å². The van der Waals surface area contributed by atoms with Crippen LogP contribution in [0.4, 0.5) is 5.82 Å². The van der Waals surface area contributed by atoms with Crippen molar-refractivity contribution >= 4 is 11.7 Å². The summed E-state index contributed by atoms with van der Waals surface area (Å²) in [4.78, 5) is 29.2. The van der Waals surface area contributed by atoms with Gasteiger partial charge in [0.2, 0.25) is 5.88 Å². The molecular formula is C18H21N5O2. The monoisotopic (exact) mass is 339 g/mol. The molecule has 7 nitrogen and oxygen atoms in total. The summed E-state index contributed by atoms with van der Waals surface area (Å²) in [7, 11) is 0. The molecule has 7 heteroatoms. The van der Waals surface area contributed by atoms with Gasteiger partial charge in [0, 0.05) is 38.3 Å². The first-order chi connectivity index (χ1) is 12.3. The zero-order chi connectivity index (χ0) is 17.1. The second kappa shape index (κ2) is 7.04. The molecule has 4 rings (SSSR count). The largest absolute Gasteiger partial charge is 0.472 e. The summed E-state index contributed by atoms with van der Waals surface area (Å²) >= 11 is 0. The first-order valence-electron chi connectivity index (χ1n) is 8.73. The maximum Gasteiger partial charge on any atom is 0.272 e. The predicted octanol–water partition coefficient (Wildman–Crippen LogP) is 1.77. The molecule has 1 atom stereocenters. The van der Waals surface area contributed by atoms with Crippen LogP contribution < -0.4 is 9.64 Å². The van der Waals surface area contributed by atoms with Crippen molar-refractivity contribution in [1.29, 1.82) is 0 Å². The number of hydrogen-bond donors (Lipinski definition) is 0. The van der Waals surface area contributed by atoms with Gasteiger partial charge in [0.1, 0.15) is 23.9 Å². The Morgan fingerprint density at radius 3 is 2.80 bits per heavy atom. The number of pyridine rings is 1. The first kappa shape index (κ1) is 15.8. The molecule has 1 amide bonds. The van der Waals surface area contributed by atoms with Gasteiger partial charge in [0.15, 0.2) is 0 Å². The van der Waals surface area contributed by atoms with Crippen LogP contribution in [0.3, 0.4) is 0 Å². The molecule has 2 aromatic rings. The van der Waals surface area contributed by atoms with E-state index in [2.05, 4.69) is 19.9 Å². The predicted molar refractivity (Wildman–Crippen MR) is 92.7 cm³/mol. The number of carbonyl (C=O) groups is 1. The van der Waals surface area contributed by atoms with Crippen molar-refractivity contribution < 1.29 is 9.53 Å². The van der Waals surface area contributed by atoms with E-state index < -0.39 is 0 Å². The van der Waals surface area contributed by atoms with E-state index >= 15 is 0 Å². The molecule has 4 heterocycles. The average molecular weight is 339 g/mol. The lowest BCUT2D eigenvalue weighted by molar-refractivity contribution is 0.0765. The zero-order valence-electron chi connectivity index (χ0n) is 14.0. The summed E-state index contributed by atoms with van der Waals surface area (Å²) < 4.78 is 6.00. The van der Waals surface area contributed by atoms with Crippen LogP contribution in [0.25, 0.3) is 0 Å². The molecular weight excluding hydrogens is 318 g/mol. The molecule has 0 radical (unpaired) electrons. The van der Waals surface area contributed by atoms with Gasteiger partial charge in [-0.2, -0.15) is 0 Å². The zero-order valence-corrected chi connectivity index (χ0v) is 14.0. The highest BCUT2D eigenvalue weighted by molar-refractivity contribution is 5.92. The minimum atomic E-state index is -0.0489.